The first-order valence-electron chi connectivity index (χ1n) is 4.52. The molecule has 0 aromatic heterocycles. The van der Waals surface area contributed by atoms with Crippen LogP contribution in [0.15, 0.2) is 0 Å². The summed E-state index contributed by atoms with van der Waals surface area (Å²) in [5.74, 6) is 0.998. The van der Waals surface area contributed by atoms with E-state index in [2.05, 4.69) is 20.8 Å². The molecule has 3 aliphatic rings. The summed E-state index contributed by atoms with van der Waals surface area (Å²) in [5, 5.41) is 0. The van der Waals surface area contributed by atoms with Crippen molar-refractivity contribution in [3.05, 3.63) is 0 Å². The molecule has 10 heavy (non-hydrogen) atoms. The van der Waals surface area contributed by atoms with Crippen molar-refractivity contribution in [1.82, 2.24) is 0 Å². The minimum absolute atomic E-state index is 0.756. The molecule has 0 aromatic rings. The molecule has 3 aliphatic carbocycles. The smallest absolute Gasteiger partial charge is 0.0313 e. The van der Waals surface area contributed by atoms with Crippen molar-refractivity contribution in [2.45, 2.75) is 46.5 Å². The maximum atomic E-state index is 2.46. The highest BCUT2D eigenvalue weighted by Crippen LogP contribution is 2.64. The summed E-state index contributed by atoms with van der Waals surface area (Å²) in [7, 11) is 0. The van der Waals surface area contributed by atoms with Crippen LogP contribution in [0.2, 0.25) is 0 Å². The Morgan fingerprint density at radius 1 is 1.00 bits per heavy atom. The molecule has 0 saturated heterocycles. The van der Waals surface area contributed by atoms with Crippen molar-refractivity contribution >= 4 is 0 Å². The van der Waals surface area contributed by atoms with Gasteiger partial charge in [0.25, 0.3) is 0 Å². The van der Waals surface area contributed by atoms with E-state index < -0.39 is 0 Å². The van der Waals surface area contributed by atoms with E-state index in [-0.39, 0.29) is 0 Å². The number of hydrogen-bond donors (Lipinski definition) is 0. The van der Waals surface area contributed by atoms with Gasteiger partial charge in [-0.15, -0.1) is 0 Å². The zero-order chi connectivity index (χ0) is 7.41. The summed E-state index contributed by atoms with van der Waals surface area (Å²) in [6.45, 7) is 7.34. The van der Waals surface area contributed by atoms with E-state index in [1.165, 1.54) is 25.7 Å². The molecule has 58 valence electrons. The van der Waals surface area contributed by atoms with Gasteiger partial charge in [0.1, 0.15) is 0 Å². The van der Waals surface area contributed by atoms with Crippen LogP contribution in [0.3, 0.4) is 0 Å². The molecular weight excluding hydrogens is 120 g/mol. The van der Waals surface area contributed by atoms with Gasteiger partial charge in [-0.05, 0) is 42.4 Å². The molecule has 2 bridgehead atoms. The maximum absolute atomic E-state index is 2.46. The minimum atomic E-state index is 0.756. The first-order chi connectivity index (χ1) is 4.52. The Labute approximate surface area is 64.0 Å². The molecule has 0 heteroatoms. The molecule has 3 rings (SSSR count). The second kappa shape index (κ2) is 1.60. The van der Waals surface area contributed by atoms with Gasteiger partial charge >= 0.3 is 0 Å². The average molecular weight is 138 g/mol. The molecule has 0 spiro atoms. The fraction of sp³-hybridized carbons (Fsp3) is 1.00. The standard InChI is InChI=1S/C10H18/c1-8-4-9(2)6-10(3,5-8)7-9/h8H,4-7H2,1-3H3. The zero-order valence-corrected chi connectivity index (χ0v) is 7.41. The van der Waals surface area contributed by atoms with E-state index >= 15 is 0 Å². The van der Waals surface area contributed by atoms with Gasteiger partial charge in [0.05, 0.1) is 0 Å². The van der Waals surface area contributed by atoms with Crippen molar-refractivity contribution in [3.63, 3.8) is 0 Å². The first kappa shape index (κ1) is 6.69. The predicted octanol–water partition coefficient (Wildman–Crippen LogP) is 3.22. The summed E-state index contributed by atoms with van der Waals surface area (Å²) < 4.78 is 0. The maximum Gasteiger partial charge on any atom is -0.0313 e. The Morgan fingerprint density at radius 2 is 1.40 bits per heavy atom. The van der Waals surface area contributed by atoms with E-state index in [1.54, 1.807) is 0 Å². The van der Waals surface area contributed by atoms with E-state index in [0.717, 1.165) is 16.7 Å². The van der Waals surface area contributed by atoms with Crippen molar-refractivity contribution in [2.24, 2.45) is 16.7 Å². The van der Waals surface area contributed by atoms with Crippen LogP contribution in [0.4, 0.5) is 0 Å². The van der Waals surface area contributed by atoms with Crippen LogP contribution in [-0.4, -0.2) is 0 Å². The number of rotatable bonds is 0. The topological polar surface area (TPSA) is 0 Å². The van der Waals surface area contributed by atoms with E-state index in [9.17, 15) is 0 Å². The summed E-state index contributed by atoms with van der Waals surface area (Å²) >= 11 is 0. The lowest BCUT2D eigenvalue weighted by atomic mass is 9.45. The van der Waals surface area contributed by atoms with Crippen molar-refractivity contribution in [2.75, 3.05) is 0 Å². The highest BCUT2D eigenvalue weighted by atomic mass is 14.6. The fourth-order valence-corrected chi connectivity index (χ4v) is 4.05. The molecule has 0 aliphatic heterocycles. The normalized spacial score (nSPS) is 59.7. The molecule has 0 heterocycles. The van der Waals surface area contributed by atoms with Crippen LogP contribution in [0, 0.1) is 16.7 Å². The average Bonchev–Trinajstić information content (AvgIpc) is 1.53. The summed E-state index contributed by atoms with van der Waals surface area (Å²) in [6.07, 6.45) is 5.99. The molecule has 0 unspecified atom stereocenters. The van der Waals surface area contributed by atoms with Gasteiger partial charge < -0.3 is 0 Å². The van der Waals surface area contributed by atoms with Gasteiger partial charge in [-0.3, -0.25) is 0 Å². The van der Waals surface area contributed by atoms with Gasteiger partial charge in [0, 0.05) is 0 Å². The van der Waals surface area contributed by atoms with Gasteiger partial charge in [-0.2, -0.15) is 0 Å². The van der Waals surface area contributed by atoms with Crippen molar-refractivity contribution in [3.8, 4) is 0 Å². The lowest BCUT2D eigenvalue weighted by Crippen LogP contribution is -2.49. The Balaban J connectivity index is 2.13. The van der Waals surface area contributed by atoms with Crippen LogP contribution in [0.1, 0.15) is 46.5 Å². The zero-order valence-electron chi connectivity index (χ0n) is 7.41. The summed E-state index contributed by atoms with van der Waals surface area (Å²) in [6, 6.07) is 0. The second-order valence-electron chi connectivity index (χ2n) is 5.49. The third kappa shape index (κ3) is 0.810. The quantitative estimate of drug-likeness (QED) is 0.482. The summed E-state index contributed by atoms with van der Waals surface area (Å²) in [5.41, 5.74) is 1.51. The molecule has 3 saturated carbocycles. The van der Waals surface area contributed by atoms with Gasteiger partial charge in [-0.25, -0.2) is 0 Å². The largest absolute Gasteiger partial charge is 0.0625 e. The summed E-state index contributed by atoms with van der Waals surface area (Å²) in [4.78, 5) is 0. The van der Waals surface area contributed by atoms with Crippen LogP contribution in [0.25, 0.3) is 0 Å². The minimum Gasteiger partial charge on any atom is -0.0625 e. The Bertz CT molecular complexity index is 124. The number of hydrogen-bond acceptors (Lipinski definition) is 0. The molecule has 0 radical (unpaired) electrons. The molecule has 0 N–H and O–H groups in total. The Kier molecular flexibility index (Phi) is 1.07. The van der Waals surface area contributed by atoms with E-state index in [1.807, 2.05) is 0 Å². The van der Waals surface area contributed by atoms with Crippen LogP contribution < -0.4 is 0 Å². The second-order valence-corrected chi connectivity index (χ2v) is 5.49. The monoisotopic (exact) mass is 138 g/mol. The fourth-order valence-electron chi connectivity index (χ4n) is 4.05. The third-order valence-corrected chi connectivity index (χ3v) is 3.39. The highest BCUT2D eigenvalue weighted by Gasteiger charge is 2.53. The Hall–Kier alpha value is 0. The van der Waals surface area contributed by atoms with E-state index in [4.69, 9.17) is 0 Å². The van der Waals surface area contributed by atoms with Gasteiger partial charge in [0.2, 0.25) is 0 Å². The molecule has 3 fully saturated rings. The lowest BCUT2D eigenvalue weighted by molar-refractivity contribution is -0.0919. The van der Waals surface area contributed by atoms with Crippen molar-refractivity contribution < 1.29 is 0 Å². The lowest BCUT2D eigenvalue weighted by Gasteiger charge is -2.60. The molecule has 0 atom stereocenters. The van der Waals surface area contributed by atoms with E-state index in [0.29, 0.717) is 0 Å². The third-order valence-electron chi connectivity index (χ3n) is 3.39. The SMILES string of the molecule is CC1CC2(C)CC(C)(C1)C2. The predicted molar refractivity (Wildman–Crippen MR) is 43.8 cm³/mol. The molecular formula is C10H18. The van der Waals surface area contributed by atoms with Crippen LogP contribution in [-0.2, 0) is 0 Å². The van der Waals surface area contributed by atoms with Gasteiger partial charge in [0.15, 0.2) is 0 Å². The first-order valence-corrected chi connectivity index (χ1v) is 4.52. The van der Waals surface area contributed by atoms with Crippen LogP contribution >= 0.6 is 0 Å². The highest BCUT2D eigenvalue weighted by molar-refractivity contribution is 5.03. The molecule has 0 amide bonds. The molecule has 0 aromatic carbocycles. The van der Waals surface area contributed by atoms with Crippen molar-refractivity contribution in [1.29, 1.82) is 0 Å². The van der Waals surface area contributed by atoms with Gasteiger partial charge in [-0.1, -0.05) is 20.8 Å². The van der Waals surface area contributed by atoms with Crippen LogP contribution in [0.5, 0.6) is 0 Å². The Morgan fingerprint density at radius 3 is 1.70 bits per heavy atom. The number of fused-ring (bicyclic) bond motifs is 2. The molecule has 0 nitrogen and oxygen atoms in total.